The van der Waals surface area contributed by atoms with Crippen LogP contribution < -0.4 is 10.6 Å². The number of nitrogens with one attached hydrogen (secondary N) is 2. The number of hydrogen-bond donors (Lipinski definition) is 2. The van der Waals surface area contributed by atoms with Crippen LogP contribution in [0, 0.1) is 0 Å². The molecule has 5 nitrogen and oxygen atoms in total. The zero-order valence-corrected chi connectivity index (χ0v) is 17.9. The Kier molecular flexibility index (Phi) is 7.70. The first-order valence-corrected chi connectivity index (χ1v) is 8.85. The largest absolute Gasteiger partial charge is 0.443 e. The standard InChI is InChI=1S/C16H28N4OS.HI/c1-15(2,3)12-9-18-13(21-12)10-19-14(17-5)20-11-16(4)7-6-8-22-16;/h9H,6-8,10-11H2,1-5H3,(H2,17,19,20);1H. The fraction of sp³-hybridized carbons (Fsp3) is 0.750. The van der Waals surface area contributed by atoms with E-state index in [0.29, 0.717) is 17.2 Å². The minimum Gasteiger partial charge on any atom is -0.443 e. The maximum atomic E-state index is 5.78. The number of guanidine groups is 1. The number of aromatic nitrogens is 1. The summed E-state index contributed by atoms with van der Waals surface area (Å²) in [6, 6.07) is 0. The van der Waals surface area contributed by atoms with E-state index >= 15 is 0 Å². The molecule has 0 radical (unpaired) electrons. The number of hydrogen-bond acceptors (Lipinski definition) is 4. The lowest BCUT2D eigenvalue weighted by atomic mass is 9.94. The van der Waals surface area contributed by atoms with Gasteiger partial charge >= 0.3 is 0 Å². The van der Waals surface area contributed by atoms with Gasteiger partial charge in [-0.2, -0.15) is 11.8 Å². The monoisotopic (exact) mass is 452 g/mol. The Morgan fingerprint density at radius 2 is 2.17 bits per heavy atom. The second-order valence-corrected chi connectivity index (χ2v) is 8.73. The molecule has 7 heteroatoms. The summed E-state index contributed by atoms with van der Waals surface area (Å²) in [6.45, 7) is 10.1. The Morgan fingerprint density at radius 1 is 1.43 bits per heavy atom. The normalized spacial score (nSPS) is 21.9. The maximum absolute atomic E-state index is 5.78. The Balaban J connectivity index is 0.00000264. The van der Waals surface area contributed by atoms with Crippen LogP contribution in [-0.4, -0.2) is 35.0 Å². The van der Waals surface area contributed by atoms with E-state index < -0.39 is 0 Å². The molecule has 1 aliphatic heterocycles. The molecule has 2 N–H and O–H groups in total. The molecule has 1 aromatic heterocycles. The van der Waals surface area contributed by atoms with Crippen LogP contribution in [-0.2, 0) is 12.0 Å². The lowest BCUT2D eigenvalue weighted by Crippen LogP contribution is -2.43. The van der Waals surface area contributed by atoms with Crippen LogP contribution in [0.3, 0.4) is 0 Å². The number of halogens is 1. The molecule has 2 heterocycles. The van der Waals surface area contributed by atoms with Crippen molar-refractivity contribution >= 4 is 41.7 Å². The number of aliphatic imine (C=N–C) groups is 1. The maximum Gasteiger partial charge on any atom is 0.213 e. The molecule has 1 aromatic rings. The highest BCUT2D eigenvalue weighted by Crippen LogP contribution is 2.36. The molecule has 1 aliphatic rings. The zero-order valence-electron chi connectivity index (χ0n) is 14.7. The van der Waals surface area contributed by atoms with Gasteiger partial charge in [0.15, 0.2) is 5.96 Å². The van der Waals surface area contributed by atoms with Crippen molar-refractivity contribution in [2.24, 2.45) is 4.99 Å². The second-order valence-electron chi connectivity index (χ2n) is 7.05. The van der Waals surface area contributed by atoms with Gasteiger partial charge in [-0.3, -0.25) is 4.99 Å². The number of nitrogens with zero attached hydrogens (tertiary/aromatic N) is 2. The van der Waals surface area contributed by atoms with E-state index in [1.54, 1.807) is 7.05 Å². The minimum absolute atomic E-state index is 0. The smallest absolute Gasteiger partial charge is 0.213 e. The van der Waals surface area contributed by atoms with E-state index in [-0.39, 0.29) is 29.4 Å². The molecule has 0 aromatic carbocycles. The van der Waals surface area contributed by atoms with Gasteiger partial charge in [0, 0.05) is 23.8 Å². The molecule has 1 saturated heterocycles. The summed E-state index contributed by atoms with van der Waals surface area (Å²) in [5.41, 5.74) is -0.0144. The predicted molar refractivity (Wildman–Crippen MR) is 109 cm³/mol. The molecule has 2 rings (SSSR count). The van der Waals surface area contributed by atoms with Crippen LogP contribution in [0.4, 0.5) is 0 Å². The zero-order chi connectivity index (χ0) is 16.2. The van der Waals surface area contributed by atoms with Crippen LogP contribution in [0.1, 0.15) is 52.2 Å². The van der Waals surface area contributed by atoms with Gasteiger partial charge in [-0.05, 0) is 25.5 Å². The molecule has 23 heavy (non-hydrogen) atoms. The summed E-state index contributed by atoms with van der Waals surface area (Å²) >= 11 is 2.04. The number of oxazole rings is 1. The van der Waals surface area contributed by atoms with Gasteiger partial charge in [0.2, 0.25) is 5.89 Å². The molecular weight excluding hydrogens is 423 g/mol. The highest BCUT2D eigenvalue weighted by molar-refractivity contribution is 14.0. The number of thioether (sulfide) groups is 1. The van der Waals surface area contributed by atoms with Crippen molar-refractivity contribution in [2.75, 3.05) is 19.3 Å². The van der Waals surface area contributed by atoms with E-state index in [2.05, 4.69) is 48.3 Å². The summed E-state index contributed by atoms with van der Waals surface area (Å²) in [7, 11) is 1.79. The summed E-state index contributed by atoms with van der Waals surface area (Å²) in [5.74, 6) is 3.65. The Labute approximate surface area is 160 Å². The van der Waals surface area contributed by atoms with E-state index in [0.717, 1.165) is 18.3 Å². The summed E-state index contributed by atoms with van der Waals surface area (Å²) in [5, 5.41) is 6.67. The van der Waals surface area contributed by atoms with Crippen LogP contribution >= 0.6 is 35.7 Å². The van der Waals surface area contributed by atoms with E-state index in [4.69, 9.17) is 4.42 Å². The fourth-order valence-electron chi connectivity index (χ4n) is 2.37. The third-order valence-corrected chi connectivity index (χ3v) is 5.39. The van der Waals surface area contributed by atoms with Gasteiger partial charge in [0.1, 0.15) is 5.76 Å². The number of rotatable bonds is 4. The summed E-state index contributed by atoms with van der Waals surface area (Å²) in [6.07, 6.45) is 4.38. The van der Waals surface area contributed by atoms with Crippen molar-refractivity contribution in [3.63, 3.8) is 0 Å². The molecule has 1 fully saturated rings. The Hall–Kier alpha value is -0.440. The molecule has 0 amide bonds. The van der Waals surface area contributed by atoms with Gasteiger partial charge in [-0.15, -0.1) is 24.0 Å². The van der Waals surface area contributed by atoms with Crippen molar-refractivity contribution in [2.45, 2.75) is 57.2 Å². The average Bonchev–Trinajstić information content (AvgIpc) is 3.08. The van der Waals surface area contributed by atoms with Crippen LogP contribution in [0.2, 0.25) is 0 Å². The highest BCUT2D eigenvalue weighted by Gasteiger charge is 2.29. The van der Waals surface area contributed by atoms with Crippen molar-refractivity contribution in [3.05, 3.63) is 17.8 Å². The summed E-state index contributed by atoms with van der Waals surface area (Å²) < 4.78 is 6.10. The van der Waals surface area contributed by atoms with Crippen molar-refractivity contribution < 1.29 is 4.42 Å². The minimum atomic E-state index is -0.0144. The van der Waals surface area contributed by atoms with Crippen molar-refractivity contribution in [3.8, 4) is 0 Å². The Morgan fingerprint density at radius 3 is 2.70 bits per heavy atom. The lowest BCUT2D eigenvalue weighted by molar-refractivity contribution is 0.379. The van der Waals surface area contributed by atoms with Gasteiger partial charge < -0.3 is 15.1 Å². The van der Waals surface area contributed by atoms with Gasteiger partial charge in [0.25, 0.3) is 0 Å². The van der Waals surface area contributed by atoms with Crippen LogP contribution in [0.15, 0.2) is 15.6 Å². The van der Waals surface area contributed by atoms with Crippen LogP contribution in [0.25, 0.3) is 0 Å². The van der Waals surface area contributed by atoms with E-state index in [9.17, 15) is 0 Å². The van der Waals surface area contributed by atoms with Crippen molar-refractivity contribution in [1.82, 2.24) is 15.6 Å². The fourth-order valence-corrected chi connectivity index (χ4v) is 3.61. The lowest BCUT2D eigenvalue weighted by Gasteiger charge is -2.24. The Bertz CT molecular complexity index is 518. The SMILES string of the molecule is CN=C(NCc1ncc(C(C)(C)C)o1)NCC1(C)CCCS1.I. The topological polar surface area (TPSA) is 62.5 Å². The van der Waals surface area contributed by atoms with Crippen LogP contribution in [0.5, 0.6) is 0 Å². The first-order valence-electron chi connectivity index (χ1n) is 7.86. The second kappa shape index (κ2) is 8.60. The first kappa shape index (κ1) is 20.6. The molecular formula is C16H29IN4OS. The summed E-state index contributed by atoms with van der Waals surface area (Å²) in [4.78, 5) is 8.59. The molecule has 0 aliphatic carbocycles. The van der Waals surface area contributed by atoms with Gasteiger partial charge in [-0.25, -0.2) is 4.98 Å². The third-order valence-electron chi connectivity index (χ3n) is 3.85. The van der Waals surface area contributed by atoms with Gasteiger partial charge in [-0.1, -0.05) is 20.8 Å². The molecule has 0 spiro atoms. The average molecular weight is 452 g/mol. The third kappa shape index (κ3) is 6.17. The predicted octanol–water partition coefficient (Wildman–Crippen LogP) is 3.54. The first-order chi connectivity index (χ1) is 10.3. The van der Waals surface area contributed by atoms with Gasteiger partial charge in [0.05, 0.1) is 12.7 Å². The highest BCUT2D eigenvalue weighted by atomic mass is 127. The molecule has 0 bridgehead atoms. The molecule has 1 atom stereocenters. The molecule has 132 valence electrons. The van der Waals surface area contributed by atoms with Crippen molar-refractivity contribution in [1.29, 1.82) is 0 Å². The van der Waals surface area contributed by atoms with E-state index in [1.165, 1.54) is 18.6 Å². The molecule has 1 unspecified atom stereocenters. The van der Waals surface area contributed by atoms with E-state index in [1.807, 2.05) is 18.0 Å². The molecule has 0 saturated carbocycles. The quantitative estimate of drug-likeness (QED) is 0.416.